The maximum atomic E-state index is 4.47. The van der Waals surface area contributed by atoms with Gasteiger partial charge in [-0.05, 0) is 75.5 Å². The van der Waals surface area contributed by atoms with Crippen LogP contribution in [0.25, 0.3) is 60.2 Å². The van der Waals surface area contributed by atoms with Crippen molar-refractivity contribution < 1.29 is 0 Å². The molecule has 5 aromatic carbocycles. The highest BCUT2D eigenvalue weighted by Gasteiger charge is 2.16. The normalized spacial score (nSPS) is 11.7. The van der Waals surface area contributed by atoms with E-state index in [1.807, 2.05) is 12.4 Å². The zero-order valence-electron chi connectivity index (χ0n) is 18.9. The lowest BCUT2D eigenvalue weighted by molar-refractivity contribution is 1.17. The molecule has 0 radical (unpaired) electrons. The van der Waals surface area contributed by atoms with E-state index < -0.39 is 0 Å². The smallest absolute Gasteiger partial charge is 0.0571 e. The van der Waals surface area contributed by atoms with Crippen molar-refractivity contribution in [1.82, 2.24) is 9.55 Å². The molecule has 2 heterocycles. The summed E-state index contributed by atoms with van der Waals surface area (Å²) in [6.07, 6.45) is 3.87. The van der Waals surface area contributed by atoms with Crippen molar-refractivity contribution in [3.63, 3.8) is 0 Å². The first kappa shape index (κ1) is 19.1. The lowest BCUT2D eigenvalue weighted by Crippen LogP contribution is -1.93. The van der Waals surface area contributed by atoms with Crippen LogP contribution in [0.5, 0.6) is 0 Å². The average Bonchev–Trinajstić information content (AvgIpc) is 3.23. The van der Waals surface area contributed by atoms with Gasteiger partial charge in [-0.15, -0.1) is 0 Å². The fourth-order valence-corrected chi connectivity index (χ4v) is 5.53. The van der Waals surface area contributed by atoms with Gasteiger partial charge in [-0.3, -0.25) is 4.98 Å². The molecule has 0 spiro atoms. The molecule has 2 aromatic heterocycles. The van der Waals surface area contributed by atoms with Gasteiger partial charge in [0.15, 0.2) is 0 Å². The lowest BCUT2D eigenvalue weighted by atomic mass is 9.88. The van der Waals surface area contributed by atoms with E-state index in [9.17, 15) is 0 Å². The zero-order valence-corrected chi connectivity index (χ0v) is 18.9. The first-order valence-electron chi connectivity index (χ1n) is 11.7. The first-order valence-corrected chi connectivity index (χ1v) is 11.7. The van der Waals surface area contributed by atoms with Crippen LogP contribution in [0.15, 0.2) is 116 Å². The second-order valence-electron chi connectivity index (χ2n) is 8.89. The Labute approximate surface area is 197 Å². The third kappa shape index (κ3) is 2.66. The molecule has 0 aliphatic heterocycles. The van der Waals surface area contributed by atoms with Crippen molar-refractivity contribution in [3.05, 3.63) is 121 Å². The number of nitrogens with zero attached hydrogens (tertiary/aromatic N) is 2. The molecular formula is C32H22N2. The predicted molar refractivity (Wildman–Crippen MR) is 144 cm³/mol. The maximum Gasteiger partial charge on any atom is 0.0571 e. The van der Waals surface area contributed by atoms with Gasteiger partial charge in [0.25, 0.3) is 0 Å². The molecule has 0 atom stereocenters. The van der Waals surface area contributed by atoms with E-state index >= 15 is 0 Å². The van der Waals surface area contributed by atoms with E-state index in [-0.39, 0.29) is 0 Å². The summed E-state index contributed by atoms with van der Waals surface area (Å²) in [6, 6.07) is 37.1. The molecule has 0 aliphatic carbocycles. The number of rotatable bonds is 2. The van der Waals surface area contributed by atoms with E-state index in [4.69, 9.17) is 0 Å². The van der Waals surface area contributed by atoms with Crippen molar-refractivity contribution >= 4 is 43.4 Å². The van der Waals surface area contributed by atoms with Gasteiger partial charge in [-0.2, -0.15) is 0 Å². The molecule has 0 saturated heterocycles. The van der Waals surface area contributed by atoms with E-state index in [0.717, 1.165) is 5.69 Å². The molecule has 7 aromatic rings. The summed E-state index contributed by atoms with van der Waals surface area (Å²) in [7, 11) is 0. The molecule has 0 fully saturated rings. The summed E-state index contributed by atoms with van der Waals surface area (Å²) in [5, 5.41) is 7.60. The quantitative estimate of drug-likeness (QED) is 0.250. The number of para-hydroxylation sites is 1. The molecule has 34 heavy (non-hydrogen) atoms. The molecule has 0 bridgehead atoms. The van der Waals surface area contributed by atoms with Crippen LogP contribution in [0, 0.1) is 6.92 Å². The highest BCUT2D eigenvalue weighted by atomic mass is 15.0. The second-order valence-corrected chi connectivity index (χ2v) is 8.89. The van der Waals surface area contributed by atoms with Crippen molar-refractivity contribution in [1.29, 1.82) is 0 Å². The fraction of sp³-hybridized carbons (Fsp3) is 0.0312. The molecule has 0 aliphatic rings. The minimum Gasteiger partial charge on any atom is -0.309 e. The Hall–Kier alpha value is -4.43. The van der Waals surface area contributed by atoms with Crippen LogP contribution in [0.1, 0.15) is 5.56 Å². The fourth-order valence-electron chi connectivity index (χ4n) is 5.53. The average molecular weight is 435 g/mol. The predicted octanol–water partition coefficient (Wildman–Crippen LogP) is 8.46. The van der Waals surface area contributed by atoms with Gasteiger partial charge in [0.1, 0.15) is 0 Å². The summed E-state index contributed by atoms with van der Waals surface area (Å²) in [5.41, 5.74) is 7.39. The van der Waals surface area contributed by atoms with E-state index in [1.165, 1.54) is 60.0 Å². The van der Waals surface area contributed by atoms with Crippen molar-refractivity contribution in [2.75, 3.05) is 0 Å². The Morgan fingerprint density at radius 3 is 1.88 bits per heavy atom. The molecule has 7 rings (SSSR count). The van der Waals surface area contributed by atoms with Crippen LogP contribution in [0.3, 0.4) is 0 Å². The third-order valence-electron chi connectivity index (χ3n) is 7.07. The molecule has 160 valence electrons. The van der Waals surface area contributed by atoms with Gasteiger partial charge in [0.2, 0.25) is 0 Å². The first-order chi connectivity index (χ1) is 16.8. The standard InChI is InChI=1S/C32H22N2/c1-21-24-11-5-7-13-26(24)32(27-14-8-6-12-25(21)27)22-15-16-30-28(19-22)29-20-33-18-17-31(29)34(30)23-9-3-2-4-10-23/h2-20H,1H3. The van der Waals surface area contributed by atoms with Gasteiger partial charge in [-0.1, -0.05) is 72.8 Å². The molecular weight excluding hydrogens is 412 g/mol. The van der Waals surface area contributed by atoms with Crippen molar-refractivity contribution in [3.8, 4) is 16.8 Å². The number of hydrogen-bond acceptors (Lipinski definition) is 1. The van der Waals surface area contributed by atoms with Crippen LogP contribution >= 0.6 is 0 Å². The molecule has 2 heteroatoms. The van der Waals surface area contributed by atoms with Crippen LogP contribution in [-0.2, 0) is 0 Å². The highest BCUT2D eigenvalue weighted by molar-refractivity contribution is 6.17. The van der Waals surface area contributed by atoms with Gasteiger partial charge < -0.3 is 4.57 Å². The minimum absolute atomic E-state index is 1.16. The van der Waals surface area contributed by atoms with E-state index in [1.54, 1.807) is 0 Å². The third-order valence-corrected chi connectivity index (χ3v) is 7.07. The number of aromatic nitrogens is 2. The topological polar surface area (TPSA) is 17.8 Å². The summed E-state index contributed by atoms with van der Waals surface area (Å²) in [5.74, 6) is 0. The number of benzene rings is 5. The number of aryl methyl sites for hydroxylation is 1. The van der Waals surface area contributed by atoms with Crippen LogP contribution in [0.2, 0.25) is 0 Å². The van der Waals surface area contributed by atoms with Crippen LogP contribution in [-0.4, -0.2) is 9.55 Å². The van der Waals surface area contributed by atoms with Crippen molar-refractivity contribution in [2.45, 2.75) is 6.92 Å². The lowest BCUT2D eigenvalue weighted by Gasteiger charge is -2.15. The number of fused-ring (bicyclic) bond motifs is 5. The summed E-state index contributed by atoms with van der Waals surface area (Å²) >= 11 is 0. The number of hydrogen-bond donors (Lipinski definition) is 0. The number of pyridine rings is 1. The summed E-state index contributed by atoms with van der Waals surface area (Å²) < 4.78 is 2.33. The largest absolute Gasteiger partial charge is 0.309 e. The highest BCUT2D eigenvalue weighted by Crippen LogP contribution is 2.41. The van der Waals surface area contributed by atoms with Crippen LogP contribution < -0.4 is 0 Å². The summed E-state index contributed by atoms with van der Waals surface area (Å²) in [6.45, 7) is 2.23. The Morgan fingerprint density at radius 1 is 0.559 bits per heavy atom. The van der Waals surface area contributed by atoms with Gasteiger partial charge in [0.05, 0.1) is 11.0 Å². The van der Waals surface area contributed by atoms with Gasteiger partial charge in [0, 0.05) is 28.9 Å². The van der Waals surface area contributed by atoms with E-state index in [2.05, 4.69) is 120 Å². The summed E-state index contributed by atoms with van der Waals surface area (Å²) in [4.78, 5) is 4.47. The maximum absolute atomic E-state index is 4.47. The van der Waals surface area contributed by atoms with Crippen molar-refractivity contribution in [2.24, 2.45) is 0 Å². The van der Waals surface area contributed by atoms with E-state index in [0.29, 0.717) is 0 Å². The Bertz CT molecular complexity index is 1800. The molecule has 0 amide bonds. The van der Waals surface area contributed by atoms with Gasteiger partial charge >= 0.3 is 0 Å². The monoisotopic (exact) mass is 434 g/mol. The van der Waals surface area contributed by atoms with Gasteiger partial charge in [-0.25, -0.2) is 0 Å². The minimum atomic E-state index is 1.16. The molecule has 0 N–H and O–H groups in total. The SMILES string of the molecule is Cc1c2ccccc2c(-c2ccc3c(c2)c2cnccc2n3-c2ccccc2)c2ccccc12. The second kappa shape index (κ2) is 7.29. The molecule has 0 unspecified atom stereocenters. The zero-order chi connectivity index (χ0) is 22.6. The molecule has 0 saturated carbocycles. The Morgan fingerprint density at radius 2 is 1.18 bits per heavy atom. The Balaban J connectivity index is 1.61. The van der Waals surface area contributed by atoms with Crippen LogP contribution in [0.4, 0.5) is 0 Å². The Kier molecular flexibility index (Phi) is 4.09. The molecule has 2 nitrogen and oxygen atoms in total.